The summed E-state index contributed by atoms with van der Waals surface area (Å²) in [6.07, 6.45) is 0. The number of nitrogens with zero attached hydrogens (tertiary/aromatic N) is 4. The molecule has 5 heteroatoms. The number of benzene rings is 9. The highest BCUT2D eigenvalue weighted by atomic mass is 16.3. The van der Waals surface area contributed by atoms with E-state index in [0.717, 1.165) is 116 Å². The highest BCUT2D eigenvalue weighted by Crippen LogP contribution is 2.42. The summed E-state index contributed by atoms with van der Waals surface area (Å²) in [5.74, 6) is 0.681. The van der Waals surface area contributed by atoms with E-state index >= 15 is 0 Å². The molecule has 0 aliphatic carbocycles. The van der Waals surface area contributed by atoms with Gasteiger partial charge in [0.25, 0.3) is 0 Å². The summed E-state index contributed by atoms with van der Waals surface area (Å²) in [5.41, 5.74) is 15.1. The monoisotopic (exact) mass is 816 g/mol. The first-order valence-electron chi connectivity index (χ1n) is 21.6. The molecule has 298 valence electrons. The van der Waals surface area contributed by atoms with Crippen molar-refractivity contribution in [1.29, 1.82) is 0 Å². The highest BCUT2D eigenvalue weighted by Gasteiger charge is 2.19. The molecule has 0 amide bonds. The molecule has 0 N–H and O–H groups in total. The maximum Gasteiger partial charge on any atom is 0.160 e. The molecule has 4 heterocycles. The Morgan fingerprint density at radius 2 is 0.922 bits per heavy atom. The van der Waals surface area contributed by atoms with E-state index in [9.17, 15) is 0 Å². The Morgan fingerprint density at radius 3 is 1.70 bits per heavy atom. The molecule has 13 aromatic rings. The van der Waals surface area contributed by atoms with Gasteiger partial charge >= 0.3 is 0 Å². The predicted molar refractivity (Wildman–Crippen MR) is 264 cm³/mol. The molecule has 0 atom stereocenters. The first kappa shape index (κ1) is 36.0. The van der Waals surface area contributed by atoms with Crippen LogP contribution in [0.15, 0.2) is 223 Å². The van der Waals surface area contributed by atoms with Gasteiger partial charge in [-0.15, -0.1) is 0 Å². The van der Waals surface area contributed by atoms with Gasteiger partial charge in [-0.1, -0.05) is 152 Å². The molecule has 0 saturated heterocycles. The third kappa shape index (κ3) is 5.83. The largest absolute Gasteiger partial charge is 0.456 e. The summed E-state index contributed by atoms with van der Waals surface area (Å²) >= 11 is 0. The molecule has 0 aliphatic heterocycles. The fourth-order valence-corrected chi connectivity index (χ4v) is 9.59. The number of hydrogen-bond acceptors (Lipinski definition) is 4. The zero-order valence-corrected chi connectivity index (χ0v) is 34.5. The molecule has 0 aliphatic rings. The normalized spacial score (nSPS) is 11.8. The van der Waals surface area contributed by atoms with E-state index in [2.05, 4.69) is 199 Å². The predicted octanol–water partition coefficient (Wildman–Crippen LogP) is 15.5. The number of aromatic nitrogens is 4. The third-order valence-corrected chi connectivity index (χ3v) is 12.6. The average molecular weight is 817 g/mol. The fraction of sp³-hybridized carbons (Fsp3) is 0. The van der Waals surface area contributed by atoms with Gasteiger partial charge in [-0.25, -0.2) is 15.0 Å². The van der Waals surface area contributed by atoms with Crippen molar-refractivity contribution in [3.63, 3.8) is 0 Å². The lowest BCUT2D eigenvalue weighted by Gasteiger charge is -2.13. The minimum atomic E-state index is 0.681. The SMILES string of the molecule is c1ccc(-c2cc(-c3ccc(-c4ccc5c(c4)nc(-c4ccccc4)c4ccc6oc7ccccc7c6c45)cc3)nc(-c3ccc4c(c3)c3ccccc3n4-c3ccccc3)n2)cc1. The summed E-state index contributed by atoms with van der Waals surface area (Å²) in [4.78, 5) is 15.8. The van der Waals surface area contributed by atoms with E-state index in [4.69, 9.17) is 19.4 Å². The van der Waals surface area contributed by atoms with Crippen molar-refractivity contribution in [2.75, 3.05) is 0 Å². The van der Waals surface area contributed by atoms with Crippen molar-refractivity contribution in [3.8, 4) is 62.0 Å². The summed E-state index contributed by atoms with van der Waals surface area (Å²) in [6, 6.07) is 76.6. The van der Waals surface area contributed by atoms with Gasteiger partial charge in [-0.2, -0.15) is 0 Å². The van der Waals surface area contributed by atoms with Crippen molar-refractivity contribution >= 4 is 65.4 Å². The standard InChI is InChI=1S/C59H36N4O/c1-4-14-38(15-5-1)49-36-50(62-59(61-49)42-29-32-53-48(34-42)44-20-10-12-22-52(44)63(53)43-18-8-3-9-19-43)39-26-24-37(25-27-39)41-28-30-45-51(35-41)60-58(40-16-6-2-7-17-40)47-31-33-55-57(56(45)47)46-21-11-13-23-54(46)64-55/h1-36H. The van der Waals surface area contributed by atoms with Crippen LogP contribution in [0.25, 0.3) is 127 Å². The Balaban J connectivity index is 0.932. The molecule has 0 spiro atoms. The Labute approximate surface area is 368 Å². The molecule has 5 nitrogen and oxygen atoms in total. The van der Waals surface area contributed by atoms with Crippen LogP contribution in [0.4, 0.5) is 0 Å². The molecular formula is C59H36N4O. The lowest BCUT2D eigenvalue weighted by atomic mass is 9.94. The zero-order chi connectivity index (χ0) is 42.1. The summed E-state index contributed by atoms with van der Waals surface area (Å²) < 4.78 is 8.71. The van der Waals surface area contributed by atoms with Gasteiger partial charge in [0.1, 0.15) is 11.2 Å². The zero-order valence-electron chi connectivity index (χ0n) is 34.5. The maximum absolute atomic E-state index is 6.38. The molecule has 13 rings (SSSR count). The Kier molecular flexibility index (Phi) is 8.15. The van der Waals surface area contributed by atoms with Crippen molar-refractivity contribution in [2.24, 2.45) is 0 Å². The molecule has 0 fully saturated rings. The smallest absolute Gasteiger partial charge is 0.160 e. The summed E-state index contributed by atoms with van der Waals surface area (Å²) in [6.45, 7) is 0. The molecule has 0 unspecified atom stereocenters. The van der Waals surface area contributed by atoms with Crippen LogP contribution in [0.5, 0.6) is 0 Å². The second-order valence-corrected chi connectivity index (χ2v) is 16.3. The second kappa shape index (κ2) is 14.5. The molecule has 64 heavy (non-hydrogen) atoms. The first-order valence-corrected chi connectivity index (χ1v) is 21.6. The van der Waals surface area contributed by atoms with Crippen LogP contribution >= 0.6 is 0 Å². The quantitative estimate of drug-likeness (QED) is 0.157. The van der Waals surface area contributed by atoms with Gasteiger partial charge in [0.2, 0.25) is 0 Å². The van der Waals surface area contributed by atoms with E-state index in [0.29, 0.717) is 5.82 Å². The minimum absolute atomic E-state index is 0.681. The van der Waals surface area contributed by atoms with Crippen molar-refractivity contribution in [3.05, 3.63) is 218 Å². The van der Waals surface area contributed by atoms with Crippen molar-refractivity contribution < 1.29 is 4.42 Å². The Bertz CT molecular complexity index is 3930. The lowest BCUT2D eigenvalue weighted by molar-refractivity contribution is 0.669. The van der Waals surface area contributed by atoms with E-state index in [1.54, 1.807) is 0 Å². The Morgan fingerprint density at radius 1 is 0.328 bits per heavy atom. The number of para-hydroxylation sites is 3. The summed E-state index contributed by atoms with van der Waals surface area (Å²) in [7, 11) is 0. The first-order chi connectivity index (χ1) is 31.7. The molecule has 0 radical (unpaired) electrons. The average Bonchev–Trinajstić information content (AvgIpc) is 3.92. The van der Waals surface area contributed by atoms with Crippen molar-refractivity contribution in [2.45, 2.75) is 0 Å². The van der Waals surface area contributed by atoms with Gasteiger partial charge in [-0.05, 0) is 77.9 Å². The van der Waals surface area contributed by atoms with Crippen LogP contribution in [-0.4, -0.2) is 19.5 Å². The van der Waals surface area contributed by atoms with E-state index in [1.807, 2.05) is 24.3 Å². The minimum Gasteiger partial charge on any atom is -0.456 e. The van der Waals surface area contributed by atoms with Crippen molar-refractivity contribution in [1.82, 2.24) is 19.5 Å². The molecular weight excluding hydrogens is 781 g/mol. The van der Waals surface area contributed by atoms with Gasteiger partial charge in [0, 0.05) is 65.6 Å². The number of fused-ring (bicyclic) bond motifs is 10. The topological polar surface area (TPSA) is 56.7 Å². The number of hydrogen-bond donors (Lipinski definition) is 0. The second-order valence-electron chi connectivity index (χ2n) is 16.3. The lowest BCUT2D eigenvalue weighted by Crippen LogP contribution is -1.96. The van der Waals surface area contributed by atoms with E-state index in [-0.39, 0.29) is 0 Å². The van der Waals surface area contributed by atoms with Gasteiger partial charge in [0.05, 0.1) is 33.6 Å². The number of rotatable bonds is 6. The van der Waals surface area contributed by atoms with Gasteiger partial charge in [0.15, 0.2) is 5.82 Å². The molecule has 0 bridgehead atoms. The van der Waals surface area contributed by atoms with Gasteiger partial charge in [-0.3, -0.25) is 0 Å². The molecule has 4 aromatic heterocycles. The van der Waals surface area contributed by atoms with Crippen LogP contribution in [0.2, 0.25) is 0 Å². The molecule has 9 aromatic carbocycles. The fourth-order valence-electron chi connectivity index (χ4n) is 9.59. The number of furan rings is 1. The Hall–Kier alpha value is -8.67. The van der Waals surface area contributed by atoms with Crippen LogP contribution in [0, 0.1) is 0 Å². The number of pyridine rings is 1. The van der Waals surface area contributed by atoms with Crippen LogP contribution < -0.4 is 0 Å². The highest BCUT2D eigenvalue weighted by molar-refractivity contribution is 6.28. The molecule has 0 saturated carbocycles. The van der Waals surface area contributed by atoms with Crippen LogP contribution in [0.1, 0.15) is 0 Å². The summed E-state index contributed by atoms with van der Waals surface area (Å²) in [5, 5.41) is 7.93. The third-order valence-electron chi connectivity index (χ3n) is 12.6. The van der Waals surface area contributed by atoms with Crippen LogP contribution in [0.3, 0.4) is 0 Å². The van der Waals surface area contributed by atoms with E-state index in [1.165, 1.54) is 5.39 Å². The maximum atomic E-state index is 6.38. The van der Waals surface area contributed by atoms with Crippen LogP contribution in [-0.2, 0) is 0 Å². The van der Waals surface area contributed by atoms with Gasteiger partial charge < -0.3 is 8.98 Å². The van der Waals surface area contributed by atoms with E-state index < -0.39 is 0 Å².